The van der Waals surface area contributed by atoms with Crippen LogP contribution in [0.3, 0.4) is 0 Å². The zero-order chi connectivity index (χ0) is 21.0. The molecule has 0 aliphatic carbocycles. The van der Waals surface area contributed by atoms with E-state index in [1.165, 1.54) is 39.4 Å². The summed E-state index contributed by atoms with van der Waals surface area (Å²) in [6.07, 6.45) is 1.37. The molecule has 0 fully saturated rings. The Morgan fingerprint density at radius 2 is 1.93 bits per heavy atom. The maximum atomic E-state index is 14.7. The molecule has 2 aromatic carbocycles. The van der Waals surface area contributed by atoms with Crippen LogP contribution in [0.25, 0.3) is 5.69 Å². The van der Waals surface area contributed by atoms with Crippen molar-refractivity contribution in [3.05, 3.63) is 87.6 Å². The Bertz CT molecular complexity index is 1080. The number of aryl methyl sites for hydroxylation is 1. The van der Waals surface area contributed by atoms with E-state index in [4.69, 9.17) is 9.57 Å². The van der Waals surface area contributed by atoms with Crippen molar-refractivity contribution in [3.8, 4) is 11.4 Å². The fraction of sp³-hybridized carbons (Fsp3) is 0.190. The lowest BCUT2D eigenvalue weighted by Crippen LogP contribution is -2.33. The van der Waals surface area contributed by atoms with E-state index < -0.39 is 17.2 Å². The quantitative estimate of drug-likeness (QED) is 0.598. The van der Waals surface area contributed by atoms with E-state index in [1.807, 2.05) is 30.3 Å². The molecule has 150 valence electrons. The summed E-state index contributed by atoms with van der Waals surface area (Å²) in [7, 11) is 2.65. The van der Waals surface area contributed by atoms with Gasteiger partial charge in [0.1, 0.15) is 18.0 Å². The number of carbonyl (C=O) groups excluding carboxylic acids is 1. The summed E-state index contributed by atoms with van der Waals surface area (Å²) in [5.41, 5.74) is 0.377. The second-order valence-electron chi connectivity index (χ2n) is 6.31. The largest absolute Gasteiger partial charge is 0.489 e. The van der Waals surface area contributed by atoms with Gasteiger partial charge in [0.15, 0.2) is 11.5 Å². The molecule has 7 nitrogen and oxygen atoms in total. The first-order valence-corrected chi connectivity index (χ1v) is 8.80. The summed E-state index contributed by atoms with van der Waals surface area (Å²) in [6.45, 7) is 1.83. The predicted octanol–water partition coefficient (Wildman–Crippen LogP) is 2.89. The first kappa shape index (κ1) is 20.2. The number of halogens is 1. The van der Waals surface area contributed by atoms with Gasteiger partial charge in [0.2, 0.25) is 5.43 Å². The molecule has 0 bridgehead atoms. The minimum Gasteiger partial charge on any atom is -0.489 e. The van der Waals surface area contributed by atoms with Crippen LogP contribution >= 0.6 is 0 Å². The van der Waals surface area contributed by atoms with Crippen molar-refractivity contribution < 1.29 is 18.8 Å². The average molecular weight is 397 g/mol. The molecule has 29 heavy (non-hydrogen) atoms. The molecule has 0 saturated heterocycles. The molecule has 8 heteroatoms. The normalized spacial score (nSPS) is 10.6. The molecule has 1 aromatic heterocycles. The molecule has 0 spiro atoms. The van der Waals surface area contributed by atoms with Gasteiger partial charge in [-0.2, -0.15) is 5.10 Å². The molecule has 0 saturated carbocycles. The van der Waals surface area contributed by atoms with Gasteiger partial charge in [-0.25, -0.2) is 14.1 Å². The molecule has 1 heterocycles. The van der Waals surface area contributed by atoms with E-state index >= 15 is 0 Å². The zero-order valence-electron chi connectivity index (χ0n) is 16.3. The van der Waals surface area contributed by atoms with Crippen LogP contribution in [0.1, 0.15) is 21.6 Å². The molecular weight excluding hydrogens is 377 g/mol. The van der Waals surface area contributed by atoms with E-state index in [0.717, 1.165) is 15.3 Å². The van der Waals surface area contributed by atoms with Crippen molar-refractivity contribution in [3.63, 3.8) is 0 Å². The summed E-state index contributed by atoms with van der Waals surface area (Å²) in [6, 6.07) is 13.8. The van der Waals surface area contributed by atoms with Crippen LogP contribution in [0.15, 0.2) is 59.5 Å². The van der Waals surface area contributed by atoms with E-state index in [-0.39, 0.29) is 16.9 Å². The number of rotatable bonds is 6. The Morgan fingerprint density at radius 1 is 1.21 bits per heavy atom. The van der Waals surface area contributed by atoms with E-state index in [2.05, 4.69) is 5.10 Å². The Labute approximate surface area is 166 Å². The molecule has 0 N–H and O–H groups in total. The number of hydroxylamine groups is 2. The van der Waals surface area contributed by atoms with Gasteiger partial charge in [-0.05, 0) is 24.6 Å². The van der Waals surface area contributed by atoms with Gasteiger partial charge >= 0.3 is 5.91 Å². The highest BCUT2D eigenvalue weighted by molar-refractivity contribution is 5.91. The average Bonchev–Trinajstić information content (AvgIpc) is 2.74. The predicted molar refractivity (Wildman–Crippen MR) is 104 cm³/mol. The standard InChI is InChI=1S/C21H20FN3O4/c1-14-12-25(23-19(20(14)26)21(27)24(2)28-3)18-10-9-16(11-17(18)22)29-13-15-7-5-4-6-8-15/h4-12H,13H2,1-3H3. The summed E-state index contributed by atoms with van der Waals surface area (Å²) in [5, 5.41) is 4.89. The third-order valence-corrected chi connectivity index (χ3v) is 4.27. The highest BCUT2D eigenvalue weighted by Crippen LogP contribution is 2.20. The third-order valence-electron chi connectivity index (χ3n) is 4.27. The van der Waals surface area contributed by atoms with Gasteiger partial charge in [0.05, 0.1) is 7.11 Å². The molecule has 0 atom stereocenters. The first-order valence-electron chi connectivity index (χ1n) is 8.80. The summed E-state index contributed by atoms with van der Waals surface area (Å²) in [5.74, 6) is -0.980. The van der Waals surface area contributed by atoms with Crippen LogP contribution in [0.2, 0.25) is 0 Å². The van der Waals surface area contributed by atoms with Crippen LogP contribution < -0.4 is 10.2 Å². The van der Waals surface area contributed by atoms with Crippen molar-refractivity contribution in [1.29, 1.82) is 0 Å². The Balaban J connectivity index is 1.89. The monoisotopic (exact) mass is 397 g/mol. The number of hydrogen-bond donors (Lipinski definition) is 0. The van der Waals surface area contributed by atoms with Crippen molar-refractivity contribution in [2.75, 3.05) is 14.2 Å². The van der Waals surface area contributed by atoms with Crippen LogP contribution in [0.5, 0.6) is 5.75 Å². The smallest absolute Gasteiger partial charge is 0.301 e. The molecule has 0 aliphatic heterocycles. The second kappa shape index (κ2) is 8.66. The number of ether oxygens (including phenoxy) is 1. The van der Waals surface area contributed by atoms with Crippen LogP contribution in [-0.4, -0.2) is 34.9 Å². The third kappa shape index (κ3) is 4.49. The number of carbonyl (C=O) groups is 1. The Hall–Kier alpha value is -3.52. The van der Waals surface area contributed by atoms with Gasteiger partial charge < -0.3 is 4.74 Å². The maximum Gasteiger partial charge on any atom is 0.301 e. The van der Waals surface area contributed by atoms with Gasteiger partial charge in [-0.3, -0.25) is 14.4 Å². The summed E-state index contributed by atoms with van der Waals surface area (Å²) >= 11 is 0. The minimum absolute atomic E-state index is 0.0780. The Kier molecular flexibility index (Phi) is 6.04. The van der Waals surface area contributed by atoms with Crippen molar-refractivity contribution >= 4 is 5.91 Å². The van der Waals surface area contributed by atoms with Crippen LogP contribution in [0, 0.1) is 12.7 Å². The van der Waals surface area contributed by atoms with Gasteiger partial charge in [-0.1, -0.05) is 30.3 Å². The van der Waals surface area contributed by atoms with Crippen molar-refractivity contribution in [1.82, 2.24) is 14.8 Å². The number of aromatic nitrogens is 2. The number of hydrogen-bond acceptors (Lipinski definition) is 5. The summed E-state index contributed by atoms with van der Waals surface area (Å²) < 4.78 is 21.5. The van der Waals surface area contributed by atoms with E-state index in [0.29, 0.717) is 12.4 Å². The number of nitrogens with zero attached hydrogens (tertiary/aromatic N) is 3. The maximum absolute atomic E-state index is 14.7. The second-order valence-corrected chi connectivity index (χ2v) is 6.31. The fourth-order valence-corrected chi connectivity index (χ4v) is 2.61. The highest BCUT2D eigenvalue weighted by Gasteiger charge is 2.20. The molecular formula is C21H20FN3O4. The lowest BCUT2D eigenvalue weighted by atomic mass is 10.2. The SMILES string of the molecule is CON(C)C(=O)c1nn(-c2ccc(OCc3ccccc3)cc2F)cc(C)c1=O. The van der Waals surface area contributed by atoms with Crippen LogP contribution in [0.4, 0.5) is 4.39 Å². The molecule has 0 radical (unpaired) electrons. The minimum atomic E-state index is -0.724. The van der Waals surface area contributed by atoms with Gasteiger partial charge in [0.25, 0.3) is 0 Å². The van der Waals surface area contributed by atoms with Crippen LogP contribution in [-0.2, 0) is 11.4 Å². The van der Waals surface area contributed by atoms with E-state index in [9.17, 15) is 14.0 Å². The summed E-state index contributed by atoms with van der Waals surface area (Å²) in [4.78, 5) is 29.4. The van der Waals surface area contributed by atoms with Gasteiger partial charge in [0, 0.05) is 24.9 Å². The van der Waals surface area contributed by atoms with E-state index in [1.54, 1.807) is 6.07 Å². The first-order chi connectivity index (χ1) is 13.9. The number of benzene rings is 2. The Morgan fingerprint density at radius 3 is 2.59 bits per heavy atom. The molecule has 3 rings (SSSR count). The zero-order valence-corrected chi connectivity index (χ0v) is 16.3. The molecule has 0 unspecified atom stereocenters. The van der Waals surface area contributed by atoms with Crippen molar-refractivity contribution in [2.45, 2.75) is 13.5 Å². The molecule has 0 aliphatic rings. The fourth-order valence-electron chi connectivity index (χ4n) is 2.61. The molecule has 1 amide bonds. The topological polar surface area (TPSA) is 73.7 Å². The highest BCUT2D eigenvalue weighted by atomic mass is 19.1. The van der Waals surface area contributed by atoms with Gasteiger partial charge in [-0.15, -0.1) is 0 Å². The molecule has 3 aromatic rings. The lowest BCUT2D eigenvalue weighted by Gasteiger charge is -2.15. The van der Waals surface area contributed by atoms with Crippen molar-refractivity contribution in [2.24, 2.45) is 0 Å². The number of amides is 1. The lowest BCUT2D eigenvalue weighted by molar-refractivity contribution is -0.0762.